The van der Waals surface area contributed by atoms with Gasteiger partial charge in [0.25, 0.3) is 5.91 Å². The lowest BCUT2D eigenvalue weighted by Gasteiger charge is -2.33. The van der Waals surface area contributed by atoms with Gasteiger partial charge in [-0.3, -0.25) is 9.59 Å². The third-order valence-electron chi connectivity index (χ3n) is 4.11. The quantitative estimate of drug-likeness (QED) is 0.634. The van der Waals surface area contributed by atoms with Crippen molar-refractivity contribution in [2.75, 3.05) is 19.8 Å². The van der Waals surface area contributed by atoms with Gasteiger partial charge in [0.15, 0.2) is 0 Å². The first kappa shape index (κ1) is 19.2. The van der Waals surface area contributed by atoms with Crippen LogP contribution in [0.1, 0.15) is 36.0 Å². The number of ether oxygens (including phenoxy) is 1. The molecule has 0 saturated carbocycles. The fourth-order valence-corrected chi connectivity index (χ4v) is 2.72. The smallest absolute Gasteiger partial charge is 0.329 e. The molecule has 0 radical (unpaired) electrons. The molecule has 3 N–H and O–H groups in total. The van der Waals surface area contributed by atoms with Crippen LogP contribution >= 0.6 is 11.6 Å². The van der Waals surface area contributed by atoms with E-state index >= 15 is 0 Å². The molecule has 0 aliphatic carbocycles. The van der Waals surface area contributed by atoms with Crippen molar-refractivity contribution in [3.63, 3.8) is 0 Å². The van der Waals surface area contributed by atoms with Gasteiger partial charge in [-0.05, 0) is 30.7 Å². The highest BCUT2D eigenvalue weighted by molar-refractivity contribution is 6.30. The van der Waals surface area contributed by atoms with E-state index in [2.05, 4.69) is 10.6 Å². The van der Waals surface area contributed by atoms with Crippen LogP contribution in [0, 0.1) is 0 Å². The lowest BCUT2D eigenvalue weighted by atomic mass is 9.90. The Kier molecular flexibility index (Phi) is 6.78. The van der Waals surface area contributed by atoms with Gasteiger partial charge < -0.3 is 20.5 Å². The molecule has 2 rings (SSSR count). The van der Waals surface area contributed by atoms with Crippen molar-refractivity contribution in [1.82, 2.24) is 10.6 Å². The van der Waals surface area contributed by atoms with E-state index in [9.17, 15) is 19.5 Å². The molecule has 136 valence electrons. The van der Waals surface area contributed by atoms with Crippen LogP contribution in [0.25, 0.3) is 0 Å². The maximum absolute atomic E-state index is 12.0. The van der Waals surface area contributed by atoms with Gasteiger partial charge in [0.2, 0.25) is 5.91 Å². The highest BCUT2D eigenvalue weighted by Gasteiger charge is 2.41. The number of carbonyl (C=O) groups excluding carboxylic acids is 2. The number of rotatable bonds is 7. The molecule has 1 fully saturated rings. The van der Waals surface area contributed by atoms with Crippen molar-refractivity contribution >= 4 is 29.4 Å². The average molecular weight is 369 g/mol. The summed E-state index contributed by atoms with van der Waals surface area (Å²) < 4.78 is 5.16. The Labute approximate surface area is 150 Å². The Bertz CT molecular complexity index is 626. The molecule has 0 bridgehead atoms. The fraction of sp³-hybridized carbons (Fsp3) is 0.471. The van der Waals surface area contributed by atoms with E-state index < -0.39 is 11.5 Å². The Hall–Kier alpha value is -2.12. The van der Waals surface area contributed by atoms with Gasteiger partial charge in [0, 0.05) is 49.6 Å². The number of hydrogen-bond donors (Lipinski definition) is 3. The van der Waals surface area contributed by atoms with E-state index in [1.54, 1.807) is 24.3 Å². The topological polar surface area (TPSA) is 105 Å². The number of carboxylic acids is 1. The second-order valence-corrected chi connectivity index (χ2v) is 6.35. The molecule has 0 atom stereocenters. The van der Waals surface area contributed by atoms with Crippen LogP contribution in [0.4, 0.5) is 0 Å². The first-order valence-corrected chi connectivity index (χ1v) is 8.47. The van der Waals surface area contributed by atoms with E-state index in [0.717, 1.165) is 0 Å². The third-order valence-corrected chi connectivity index (χ3v) is 4.36. The monoisotopic (exact) mass is 368 g/mol. The van der Waals surface area contributed by atoms with Gasteiger partial charge in [-0.2, -0.15) is 0 Å². The first-order chi connectivity index (χ1) is 11.9. The summed E-state index contributed by atoms with van der Waals surface area (Å²) in [6, 6.07) is 6.49. The Balaban J connectivity index is 1.73. The minimum atomic E-state index is -1.25. The molecule has 2 amide bonds. The third kappa shape index (κ3) is 5.44. The largest absolute Gasteiger partial charge is 0.480 e. The maximum atomic E-state index is 12.0. The molecule has 7 nitrogen and oxygen atoms in total. The van der Waals surface area contributed by atoms with Crippen LogP contribution in [0.2, 0.25) is 5.02 Å². The zero-order chi connectivity index (χ0) is 18.3. The average Bonchev–Trinajstić information content (AvgIpc) is 2.60. The van der Waals surface area contributed by atoms with Crippen LogP contribution in [0.15, 0.2) is 24.3 Å². The molecular formula is C17H21ClN2O5. The van der Waals surface area contributed by atoms with Crippen LogP contribution in [0.3, 0.4) is 0 Å². The minimum absolute atomic E-state index is 0.136. The molecule has 1 aliphatic heterocycles. The number of benzene rings is 1. The van der Waals surface area contributed by atoms with Crippen LogP contribution in [0.5, 0.6) is 0 Å². The molecule has 1 aliphatic rings. The number of nitrogens with one attached hydrogen (secondary N) is 2. The van der Waals surface area contributed by atoms with Crippen molar-refractivity contribution in [1.29, 1.82) is 0 Å². The number of hydrogen-bond acceptors (Lipinski definition) is 4. The number of carbonyl (C=O) groups is 3. The summed E-state index contributed by atoms with van der Waals surface area (Å²) in [5.41, 5.74) is -0.761. The van der Waals surface area contributed by atoms with E-state index in [-0.39, 0.29) is 31.1 Å². The summed E-state index contributed by atoms with van der Waals surface area (Å²) in [6.45, 7) is 0.936. The van der Waals surface area contributed by atoms with E-state index in [1.165, 1.54) is 0 Å². The molecule has 25 heavy (non-hydrogen) atoms. The van der Waals surface area contributed by atoms with Crippen LogP contribution in [-0.4, -0.2) is 48.2 Å². The molecule has 1 saturated heterocycles. The van der Waals surface area contributed by atoms with Gasteiger partial charge in [-0.15, -0.1) is 0 Å². The van der Waals surface area contributed by atoms with Crippen molar-refractivity contribution < 1.29 is 24.2 Å². The molecule has 0 unspecified atom stereocenters. The van der Waals surface area contributed by atoms with E-state index in [1.807, 2.05) is 0 Å². The molecule has 0 spiro atoms. The van der Waals surface area contributed by atoms with Gasteiger partial charge >= 0.3 is 5.97 Å². The highest BCUT2D eigenvalue weighted by Crippen LogP contribution is 2.21. The zero-order valence-electron chi connectivity index (χ0n) is 13.7. The van der Waals surface area contributed by atoms with Gasteiger partial charge in [-0.25, -0.2) is 4.79 Å². The normalized spacial score (nSPS) is 16.0. The number of aliphatic carboxylic acids is 1. The lowest BCUT2D eigenvalue weighted by molar-refractivity contribution is -0.152. The highest BCUT2D eigenvalue weighted by atomic mass is 35.5. The standard InChI is InChI=1S/C17H21ClN2O5/c18-13-5-3-12(4-6-13)15(22)19-9-1-2-14(21)20-17(16(23)24)7-10-25-11-8-17/h3-6H,1-2,7-11H2,(H,19,22)(H,20,21)(H,23,24). The van der Waals surface area contributed by atoms with E-state index in [4.69, 9.17) is 16.3 Å². The summed E-state index contributed by atoms with van der Waals surface area (Å²) in [4.78, 5) is 35.4. The zero-order valence-corrected chi connectivity index (χ0v) is 14.5. The van der Waals surface area contributed by atoms with Gasteiger partial charge in [-0.1, -0.05) is 11.6 Å². The SMILES string of the molecule is O=C(CCCNC(=O)c1ccc(Cl)cc1)NC1(C(=O)O)CCOCC1. The molecule has 8 heteroatoms. The van der Waals surface area contributed by atoms with Crippen molar-refractivity contribution in [2.24, 2.45) is 0 Å². The summed E-state index contributed by atoms with van der Waals surface area (Å²) in [5.74, 6) is -1.63. The summed E-state index contributed by atoms with van der Waals surface area (Å²) >= 11 is 5.77. The predicted molar refractivity (Wildman–Crippen MR) is 91.6 cm³/mol. The van der Waals surface area contributed by atoms with Gasteiger partial charge in [0.05, 0.1) is 0 Å². The van der Waals surface area contributed by atoms with Crippen molar-refractivity contribution in [3.8, 4) is 0 Å². The maximum Gasteiger partial charge on any atom is 0.329 e. The number of halogens is 1. The van der Waals surface area contributed by atoms with Crippen molar-refractivity contribution in [3.05, 3.63) is 34.9 Å². The Morgan fingerprint density at radius 1 is 1.16 bits per heavy atom. The molecule has 1 heterocycles. The van der Waals surface area contributed by atoms with Gasteiger partial charge in [0.1, 0.15) is 5.54 Å². The molecule has 1 aromatic carbocycles. The predicted octanol–water partition coefficient (Wildman–Crippen LogP) is 1.60. The van der Waals surface area contributed by atoms with Crippen molar-refractivity contribution in [2.45, 2.75) is 31.2 Å². The van der Waals surface area contributed by atoms with Crippen LogP contribution in [-0.2, 0) is 14.3 Å². The molecular weight excluding hydrogens is 348 g/mol. The molecule has 1 aromatic rings. The van der Waals surface area contributed by atoms with E-state index in [0.29, 0.717) is 36.8 Å². The summed E-state index contributed by atoms with van der Waals surface area (Å²) in [6.07, 6.45) is 1.05. The molecule has 0 aromatic heterocycles. The summed E-state index contributed by atoms with van der Waals surface area (Å²) in [5, 5.41) is 15.3. The lowest BCUT2D eigenvalue weighted by Crippen LogP contribution is -2.57. The Morgan fingerprint density at radius 3 is 2.40 bits per heavy atom. The summed E-state index contributed by atoms with van der Waals surface area (Å²) in [7, 11) is 0. The number of amides is 2. The number of carboxylic acid groups (broad SMARTS) is 1. The fourth-order valence-electron chi connectivity index (χ4n) is 2.60. The first-order valence-electron chi connectivity index (χ1n) is 8.09. The Morgan fingerprint density at radius 2 is 1.80 bits per heavy atom. The van der Waals surface area contributed by atoms with Crippen LogP contribution < -0.4 is 10.6 Å². The second-order valence-electron chi connectivity index (χ2n) is 5.91. The minimum Gasteiger partial charge on any atom is -0.480 e. The second kappa shape index (κ2) is 8.82.